The topological polar surface area (TPSA) is 56.5 Å². The molecule has 1 aliphatic rings. The van der Waals surface area contributed by atoms with E-state index in [1.165, 1.54) is 6.26 Å². The number of carbonyl (C=O) groups is 1. The van der Waals surface area contributed by atoms with E-state index in [9.17, 15) is 9.59 Å². The van der Waals surface area contributed by atoms with Gasteiger partial charge in [-0.1, -0.05) is 30.3 Å². The zero-order valence-corrected chi connectivity index (χ0v) is 11.6. The first-order valence-electron chi connectivity index (χ1n) is 7.04. The molecule has 0 unspecified atom stereocenters. The van der Waals surface area contributed by atoms with Gasteiger partial charge in [-0.3, -0.25) is 9.59 Å². The zero-order chi connectivity index (χ0) is 15.1. The highest BCUT2D eigenvalue weighted by molar-refractivity contribution is 5.85. The summed E-state index contributed by atoms with van der Waals surface area (Å²) in [5.74, 6) is -0.481. The quantitative estimate of drug-likeness (QED) is 0.511. The van der Waals surface area contributed by atoms with E-state index in [0.717, 1.165) is 5.56 Å². The van der Waals surface area contributed by atoms with Crippen LogP contribution in [0.4, 0.5) is 0 Å². The maximum atomic E-state index is 12.6. The number of ether oxygens (including phenoxy) is 1. The molecule has 108 valence electrons. The van der Waals surface area contributed by atoms with Gasteiger partial charge in [-0.05, 0) is 30.2 Å². The minimum Gasteiger partial charge on any atom is -0.464 e. The number of hydrogen-bond acceptors (Lipinski definition) is 4. The van der Waals surface area contributed by atoms with Crippen molar-refractivity contribution < 1.29 is 13.9 Å². The van der Waals surface area contributed by atoms with E-state index in [0.29, 0.717) is 28.7 Å². The van der Waals surface area contributed by atoms with Gasteiger partial charge >= 0.3 is 5.97 Å². The van der Waals surface area contributed by atoms with Crippen molar-refractivity contribution in [3.05, 3.63) is 76.1 Å². The fourth-order valence-corrected chi connectivity index (χ4v) is 2.83. The molecule has 2 heterocycles. The molecule has 0 bridgehead atoms. The van der Waals surface area contributed by atoms with Crippen LogP contribution in [0.1, 0.15) is 17.0 Å². The molecular formula is C18H12O4. The summed E-state index contributed by atoms with van der Waals surface area (Å²) in [6.45, 7) is 0. The molecule has 0 N–H and O–H groups in total. The SMILES string of the molecule is O=C1Oc2ccccc2C[C@@H]1c1coc2ccccc2c1=O. The van der Waals surface area contributed by atoms with Crippen LogP contribution in [0.2, 0.25) is 0 Å². The van der Waals surface area contributed by atoms with Gasteiger partial charge in [0.05, 0.1) is 17.6 Å². The van der Waals surface area contributed by atoms with Crippen LogP contribution in [-0.4, -0.2) is 5.97 Å². The molecule has 1 aliphatic heterocycles. The molecule has 2 aromatic carbocycles. The van der Waals surface area contributed by atoms with Gasteiger partial charge in [-0.25, -0.2) is 0 Å². The third kappa shape index (κ3) is 1.92. The summed E-state index contributed by atoms with van der Waals surface area (Å²) in [6, 6.07) is 14.4. The molecule has 0 amide bonds. The number of rotatable bonds is 1. The molecule has 0 saturated carbocycles. The van der Waals surface area contributed by atoms with Gasteiger partial charge in [0.1, 0.15) is 11.3 Å². The molecule has 0 radical (unpaired) electrons. The highest BCUT2D eigenvalue weighted by Crippen LogP contribution is 2.32. The molecule has 0 spiro atoms. The Balaban J connectivity index is 1.84. The van der Waals surface area contributed by atoms with Crippen molar-refractivity contribution in [1.82, 2.24) is 0 Å². The Labute approximate surface area is 126 Å². The van der Waals surface area contributed by atoms with Gasteiger partial charge in [-0.15, -0.1) is 0 Å². The Bertz CT molecular complexity index is 939. The lowest BCUT2D eigenvalue weighted by Crippen LogP contribution is -2.29. The van der Waals surface area contributed by atoms with Gasteiger partial charge in [0.2, 0.25) is 0 Å². The first-order chi connectivity index (χ1) is 10.7. The van der Waals surface area contributed by atoms with E-state index in [4.69, 9.17) is 9.15 Å². The second-order valence-electron chi connectivity index (χ2n) is 5.30. The van der Waals surface area contributed by atoms with Crippen molar-refractivity contribution in [2.24, 2.45) is 0 Å². The van der Waals surface area contributed by atoms with Gasteiger partial charge in [0.25, 0.3) is 0 Å². The predicted molar refractivity (Wildman–Crippen MR) is 81.0 cm³/mol. The average molecular weight is 292 g/mol. The number of para-hydroxylation sites is 2. The molecule has 1 atom stereocenters. The molecule has 4 heteroatoms. The number of carbonyl (C=O) groups excluding carboxylic acids is 1. The van der Waals surface area contributed by atoms with Crippen LogP contribution in [0, 0.1) is 0 Å². The minimum atomic E-state index is -0.629. The van der Waals surface area contributed by atoms with Crippen molar-refractivity contribution >= 4 is 16.9 Å². The van der Waals surface area contributed by atoms with E-state index < -0.39 is 11.9 Å². The van der Waals surface area contributed by atoms with Crippen molar-refractivity contribution in [3.63, 3.8) is 0 Å². The van der Waals surface area contributed by atoms with Gasteiger partial charge in [0, 0.05) is 5.56 Å². The van der Waals surface area contributed by atoms with E-state index in [2.05, 4.69) is 0 Å². The first-order valence-corrected chi connectivity index (χ1v) is 7.04. The highest BCUT2D eigenvalue weighted by atomic mass is 16.5. The van der Waals surface area contributed by atoms with Crippen LogP contribution in [0.25, 0.3) is 11.0 Å². The average Bonchev–Trinajstić information content (AvgIpc) is 2.55. The zero-order valence-electron chi connectivity index (χ0n) is 11.6. The fraction of sp³-hybridized carbons (Fsp3) is 0.111. The molecular weight excluding hydrogens is 280 g/mol. The van der Waals surface area contributed by atoms with Gasteiger partial charge in [-0.2, -0.15) is 0 Å². The van der Waals surface area contributed by atoms with Crippen LogP contribution in [0.15, 0.2) is 64.0 Å². The number of fused-ring (bicyclic) bond motifs is 2. The molecule has 0 saturated heterocycles. The van der Waals surface area contributed by atoms with E-state index in [1.807, 2.05) is 18.2 Å². The van der Waals surface area contributed by atoms with Crippen LogP contribution in [0.3, 0.4) is 0 Å². The monoisotopic (exact) mass is 292 g/mol. The van der Waals surface area contributed by atoms with Gasteiger partial charge < -0.3 is 9.15 Å². The third-order valence-corrected chi connectivity index (χ3v) is 3.97. The molecule has 3 aromatic rings. The van der Waals surface area contributed by atoms with Crippen molar-refractivity contribution in [1.29, 1.82) is 0 Å². The van der Waals surface area contributed by atoms with Gasteiger partial charge in [0.15, 0.2) is 5.43 Å². The maximum absolute atomic E-state index is 12.6. The standard InChI is InChI=1S/C18H12O4/c19-17-12-6-2-4-8-16(12)21-10-14(17)13-9-11-5-1-3-7-15(11)22-18(13)20/h1-8,10,13H,9H2/t13-/m1/s1. The van der Waals surface area contributed by atoms with Crippen LogP contribution in [-0.2, 0) is 11.2 Å². The molecule has 4 rings (SSSR count). The number of esters is 1. The van der Waals surface area contributed by atoms with Crippen molar-refractivity contribution in [2.75, 3.05) is 0 Å². The summed E-state index contributed by atoms with van der Waals surface area (Å²) >= 11 is 0. The first kappa shape index (κ1) is 12.8. The largest absolute Gasteiger partial charge is 0.464 e. The predicted octanol–water partition coefficient (Wildman–Crippen LogP) is 3.04. The lowest BCUT2D eigenvalue weighted by atomic mass is 9.90. The summed E-state index contributed by atoms with van der Waals surface area (Å²) in [5, 5.41) is 0.478. The smallest absolute Gasteiger partial charge is 0.319 e. The Morgan fingerprint density at radius 1 is 0.955 bits per heavy atom. The Morgan fingerprint density at radius 3 is 2.64 bits per heavy atom. The number of hydrogen-bond donors (Lipinski definition) is 0. The number of benzene rings is 2. The molecule has 1 aromatic heterocycles. The van der Waals surface area contributed by atoms with E-state index in [-0.39, 0.29) is 5.43 Å². The van der Waals surface area contributed by atoms with Crippen molar-refractivity contribution in [3.8, 4) is 5.75 Å². The fourth-order valence-electron chi connectivity index (χ4n) is 2.83. The lowest BCUT2D eigenvalue weighted by molar-refractivity contribution is -0.137. The summed E-state index contributed by atoms with van der Waals surface area (Å²) in [5.41, 5.74) is 1.60. The summed E-state index contributed by atoms with van der Waals surface area (Å²) in [4.78, 5) is 24.9. The summed E-state index contributed by atoms with van der Waals surface area (Å²) in [7, 11) is 0. The van der Waals surface area contributed by atoms with Crippen LogP contribution < -0.4 is 10.2 Å². The highest BCUT2D eigenvalue weighted by Gasteiger charge is 2.32. The lowest BCUT2D eigenvalue weighted by Gasteiger charge is -2.22. The molecule has 4 nitrogen and oxygen atoms in total. The molecule has 0 aliphatic carbocycles. The Morgan fingerprint density at radius 2 is 1.73 bits per heavy atom. The Hall–Kier alpha value is -2.88. The maximum Gasteiger partial charge on any atom is 0.319 e. The van der Waals surface area contributed by atoms with Crippen LogP contribution >= 0.6 is 0 Å². The Kier molecular flexibility index (Phi) is 2.82. The summed E-state index contributed by atoms with van der Waals surface area (Å²) in [6.07, 6.45) is 1.82. The van der Waals surface area contributed by atoms with Crippen molar-refractivity contribution in [2.45, 2.75) is 12.3 Å². The molecule has 0 fully saturated rings. The second kappa shape index (κ2) is 4.84. The molecule has 22 heavy (non-hydrogen) atoms. The normalized spacial score (nSPS) is 17.1. The minimum absolute atomic E-state index is 0.178. The van der Waals surface area contributed by atoms with E-state index in [1.54, 1.807) is 30.3 Å². The van der Waals surface area contributed by atoms with Crippen LogP contribution in [0.5, 0.6) is 5.75 Å². The summed E-state index contributed by atoms with van der Waals surface area (Å²) < 4.78 is 10.9. The van der Waals surface area contributed by atoms with E-state index >= 15 is 0 Å². The second-order valence-corrected chi connectivity index (χ2v) is 5.30. The third-order valence-electron chi connectivity index (χ3n) is 3.97.